The third-order valence-electron chi connectivity index (χ3n) is 9.10. The summed E-state index contributed by atoms with van der Waals surface area (Å²) in [5, 5.41) is 9.61. The minimum absolute atomic E-state index is 0.688. The van der Waals surface area contributed by atoms with Gasteiger partial charge in [-0.1, -0.05) is 121 Å². The van der Waals surface area contributed by atoms with Crippen molar-refractivity contribution in [3.05, 3.63) is 140 Å². The number of benzene rings is 7. The number of hydrogen-bond donors (Lipinski definition) is 0. The minimum atomic E-state index is 0.688. The van der Waals surface area contributed by atoms with Crippen molar-refractivity contribution in [3.63, 3.8) is 0 Å². The molecule has 7 aromatic carbocycles. The van der Waals surface area contributed by atoms with E-state index in [1.807, 2.05) is 0 Å². The fourth-order valence-corrected chi connectivity index (χ4v) is 7.26. The topological polar surface area (TPSA) is 30.7 Å². The van der Waals surface area contributed by atoms with Gasteiger partial charge >= 0.3 is 0 Å². The van der Waals surface area contributed by atoms with Crippen molar-refractivity contribution < 1.29 is 0 Å². The van der Waals surface area contributed by atoms with Crippen LogP contribution in [0, 0.1) is 0 Å². The molecule has 3 nitrogen and oxygen atoms in total. The van der Waals surface area contributed by atoms with E-state index in [4.69, 9.17) is 9.97 Å². The molecule has 0 N–H and O–H groups in total. The smallest absolute Gasteiger partial charge is 0.235 e. The summed E-state index contributed by atoms with van der Waals surface area (Å²) in [5.74, 6) is 0.688. The molecule has 2 aromatic heterocycles. The van der Waals surface area contributed by atoms with Crippen LogP contribution in [0.4, 0.5) is 0 Å². The zero-order valence-electron chi connectivity index (χ0n) is 23.1. The van der Waals surface area contributed by atoms with Crippen molar-refractivity contribution in [3.8, 4) is 39.6 Å². The molecule has 2 heterocycles. The van der Waals surface area contributed by atoms with Crippen molar-refractivity contribution in [1.29, 1.82) is 0 Å². The average molecular weight is 546 g/mol. The number of hydrogen-bond acceptors (Lipinski definition) is 2. The van der Waals surface area contributed by atoms with E-state index in [-0.39, 0.29) is 0 Å². The molecular formula is C40H23N3. The summed E-state index contributed by atoms with van der Waals surface area (Å²) in [5.41, 5.74) is 9.02. The molecule has 0 radical (unpaired) electrons. The second kappa shape index (κ2) is 8.37. The summed E-state index contributed by atoms with van der Waals surface area (Å²) in [4.78, 5) is 10.8. The molecule has 198 valence electrons. The highest BCUT2D eigenvalue weighted by atomic mass is 15.2. The maximum absolute atomic E-state index is 5.48. The van der Waals surface area contributed by atoms with Crippen LogP contribution in [-0.4, -0.2) is 14.5 Å². The van der Waals surface area contributed by atoms with Gasteiger partial charge in [0.1, 0.15) is 0 Å². The van der Waals surface area contributed by atoms with E-state index in [1.54, 1.807) is 0 Å². The Morgan fingerprint density at radius 2 is 1.16 bits per heavy atom. The minimum Gasteiger partial charge on any atom is -0.277 e. The van der Waals surface area contributed by atoms with E-state index >= 15 is 0 Å². The van der Waals surface area contributed by atoms with Crippen LogP contribution in [0.1, 0.15) is 0 Å². The highest BCUT2D eigenvalue weighted by Crippen LogP contribution is 2.52. The Morgan fingerprint density at radius 3 is 2.05 bits per heavy atom. The normalized spacial score (nSPS) is 12.2. The molecule has 3 heteroatoms. The van der Waals surface area contributed by atoms with Crippen molar-refractivity contribution >= 4 is 54.1 Å². The largest absolute Gasteiger partial charge is 0.277 e. The molecule has 0 fully saturated rings. The average Bonchev–Trinajstić information content (AvgIpc) is 3.58. The number of rotatable bonds is 2. The molecule has 0 saturated heterocycles. The van der Waals surface area contributed by atoms with Crippen molar-refractivity contribution in [2.75, 3.05) is 0 Å². The second-order valence-corrected chi connectivity index (χ2v) is 11.4. The lowest BCUT2D eigenvalue weighted by Crippen LogP contribution is -2.05. The Labute approximate surface area is 247 Å². The summed E-state index contributed by atoms with van der Waals surface area (Å²) in [7, 11) is 0. The molecule has 0 saturated carbocycles. The fraction of sp³-hybridized carbons (Fsp3) is 0. The zero-order chi connectivity index (χ0) is 28.1. The lowest BCUT2D eigenvalue weighted by Gasteiger charge is -2.15. The maximum Gasteiger partial charge on any atom is 0.235 e. The van der Waals surface area contributed by atoms with Gasteiger partial charge in [-0.05, 0) is 56.1 Å². The van der Waals surface area contributed by atoms with E-state index in [1.165, 1.54) is 49.0 Å². The first-order valence-electron chi connectivity index (χ1n) is 14.7. The van der Waals surface area contributed by atoms with Gasteiger partial charge in [0, 0.05) is 27.5 Å². The molecule has 0 spiro atoms. The van der Waals surface area contributed by atoms with Gasteiger partial charge in [0.2, 0.25) is 5.95 Å². The van der Waals surface area contributed by atoms with Gasteiger partial charge in [-0.3, -0.25) is 4.57 Å². The first kappa shape index (κ1) is 22.8. The molecule has 1 aliphatic carbocycles. The molecule has 10 rings (SSSR count). The van der Waals surface area contributed by atoms with Crippen molar-refractivity contribution in [2.45, 2.75) is 0 Å². The van der Waals surface area contributed by atoms with Crippen LogP contribution < -0.4 is 0 Å². The molecular weight excluding hydrogens is 522 g/mol. The maximum atomic E-state index is 5.48. The number of aromatic nitrogens is 3. The van der Waals surface area contributed by atoms with Gasteiger partial charge in [-0.2, -0.15) is 0 Å². The third-order valence-corrected chi connectivity index (χ3v) is 9.10. The third kappa shape index (κ3) is 3.08. The lowest BCUT2D eigenvalue weighted by atomic mass is 9.98. The van der Waals surface area contributed by atoms with Gasteiger partial charge in [0.05, 0.1) is 22.4 Å². The van der Waals surface area contributed by atoms with Crippen LogP contribution in [0.3, 0.4) is 0 Å². The molecule has 0 bridgehead atoms. The van der Waals surface area contributed by atoms with Crippen LogP contribution in [-0.2, 0) is 0 Å². The van der Waals surface area contributed by atoms with Crippen LogP contribution in [0.2, 0.25) is 0 Å². The van der Waals surface area contributed by atoms with Crippen LogP contribution >= 0.6 is 0 Å². The monoisotopic (exact) mass is 545 g/mol. The number of fused-ring (bicyclic) bond motifs is 9. The molecule has 0 unspecified atom stereocenters. The SMILES string of the molecule is c1ccc2cc(-c3nc(-n4c5c(c6ccccc64)-c4cccc6cccc-5c46)nc4ccc5ccccc5c34)ccc2c1. The summed E-state index contributed by atoms with van der Waals surface area (Å²) < 4.78 is 2.29. The highest BCUT2D eigenvalue weighted by molar-refractivity contribution is 6.22. The van der Waals surface area contributed by atoms with Gasteiger partial charge in [0.25, 0.3) is 0 Å². The quantitative estimate of drug-likeness (QED) is 0.202. The Balaban J connectivity index is 1.36. The molecule has 1 aliphatic rings. The van der Waals surface area contributed by atoms with Gasteiger partial charge < -0.3 is 0 Å². The standard InChI is InChI=1S/C40H23N3/c1-2-11-27-23-28(20-19-24(27)9-1)38-37-29-14-4-3-10-25(29)21-22-33(37)41-40(42-38)43-34-18-6-5-15-30(34)36-31-16-7-12-26-13-8-17-32(35(26)31)39(36)43/h1-23H. The molecule has 9 aromatic rings. The lowest BCUT2D eigenvalue weighted by molar-refractivity contribution is 0.993. The second-order valence-electron chi connectivity index (χ2n) is 11.4. The van der Waals surface area contributed by atoms with Crippen LogP contribution in [0.15, 0.2) is 140 Å². The van der Waals surface area contributed by atoms with Crippen molar-refractivity contribution in [1.82, 2.24) is 14.5 Å². The highest BCUT2D eigenvalue weighted by Gasteiger charge is 2.30. The predicted octanol–water partition coefficient (Wildman–Crippen LogP) is 10.3. The zero-order valence-corrected chi connectivity index (χ0v) is 23.1. The predicted molar refractivity (Wildman–Crippen MR) is 179 cm³/mol. The Bertz CT molecular complexity index is 2620. The Morgan fingerprint density at radius 1 is 0.465 bits per heavy atom. The molecule has 0 aliphatic heterocycles. The molecule has 0 amide bonds. The number of nitrogens with zero attached hydrogens (tertiary/aromatic N) is 3. The van der Waals surface area contributed by atoms with Gasteiger partial charge in [-0.15, -0.1) is 0 Å². The van der Waals surface area contributed by atoms with E-state index in [0.717, 1.165) is 38.8 Å². The van der Waals surface area contributed by atoms with Crippen LogP contribution in [0.5, 0.6) is 0 Å². The Hall–Kier alpha value is -5.80. The summed E-state index contributed by atoms with van der Waals surface area (Å²) >= 11 is 0. The van der Waals surface area contributed by atoms with E-state index in [9.17, 15) is 0 Å². The summed E-state index contributed by atoms with van der Waals surface area (Å²) in [6, 6.07) is 49.9. The van der Waals surface area contributed by atoms with Gasteiger partial charge in [-0.25, -0.2) is 9.97 Å². The number of para-hydroxylation sites is 1. The Kier molecular flexibility index (Phi) is 4.45. The van der Waals surface area contributed by atoms with E-state index < -0.39 is 0 Å². The first-order valence-corrected chi connectivity index (χ1v) is 14.7. The van der Waals surface area contributed by atoms with Crippen LogP contribution in [0.25, 0.3) is 93.7 Å². The first-order chi connectivity index (χ1) is 21.3. The summed E-state index contributed by atoms with van der Waals surface area (Å²) in [6.45, 7) is 0. The summed E-state index contributed by atoms with van der Waals surface area (Å²) in [6.07, 6.45) is 0. The van der Waals surface area contributed by atoms with Crippen molar-refractivity contribution in [2.24, 2.45) is 0 Å². The van der Waals surface area contributed by atoms with E-state index in [0.29, 0.717) is 5.95 Å². The van der Waals surface area contributed by atoms with Gasteiger partial charge in [0.15, 0.2) is 0 Å². The van der Waals surface area contributed by atoms with E-state index in [2.05, 4.69) is 144 Å². The molecule has 0 atom stereocenters. The molecule has 43 heavy (non-hydrogen) atoms. The fourth-order valence-electron chi connectivity index (χ4n) is 7.26.